The average Bonchev–Trinajstić information content (AvgIpc) is 2.19. The molecule has 0 radical (unpaired) electrons. The van der Waals surface area contributed by atoms with Crippen LogP contribution in [0, 0.1) is 11.3 Å². The molecule has 5 nitrogen and oxygen atoms in total. The van der Waals surface area contributed by atoms with Crippen molar-refractivity contribution in [1.82, 2.24) is 0 Å². The van der Waals surface area contributed by atoms with Crippen molar-refractivity contribution in [3.8, 4) is 6.07 Å². The first-order valence-corrected chi connectivity index (χ1v) is 5.34. The molecule has 0 aromatic heterocycles. The van der Waals surface area contributed by atoms with Crippen LogP contribution in [0.15, 0.2) is 33.6 Å². The average molecular weight is 222 g/mol. The fraction of sp³-hybridized carbons (Fsp3) is 0.111. The lowest BCUT2D eigenvalue weighted by Crippen LogP contribution is -1.96. The van der Waals surface area contributed by atoms with E-state index in [0.717, 1.165) is 6.08 Å². The number of sulfonamides is 1. The molecule has 1 aromatic carbocycles. The van der Waals surface area contributed by atoms with Gasteiger partial charge < -0.3 is 0 Å². The summed E-state index contributed by atoms with van der Waals surface area (Å²) < 4.78 is 25.1. The van der Waals surface area contributed by atoms with Gasteiger partial charge in [0.05, 0.1) is 17.4 Å². The second-order valence-corrected chi connectivity index (χ2v) is 4.24. The number of benzene rings is 1. The molecule has 0 heterocycles. The highest BCUT2D eigenvalue weighted by atomic mass is 32.2. The Morgan fingerprint density at radius 2 is 1.87 bits per heavy atom. The highest BCUT2D eigenvalue weighted by molar-refractivity contribution is 7.90. The zero-order valence-corrected chi connectivity index (χ0v) is 8.36. The maximum Gasteiger partial charge on any atom is 0.292 e. The molecular formula is C9H6N2O3S. The first-order chi connectivity index (χ1) is 7.10. The van der Waals surface area contributed by atoms with E-state index in [9.17, 15) is 13.2 Å². The van der Waals surface area contributed by atoms with Gasteiger partial charge in [0.2, 0.25) is 0 Å². The summed E-state index contributed by atoms with van der Waals surface area (Å²) in [5.74, 6) is 0. The van der Waals surface area contributed by atoms with Gasteiger partial charge in [-0.05, 0) is 17.7 Å². The lowest BCUT2D eigenvalue weighted by molar-refractivity contribution is 0.563. The van der Waals surface area contributed by atoms with Crippen LogP contribution < -0.4 is 0 Å². The molecule has 0 aliphatic rings. The predicted molar refractivity (Wildman–Crippen MR) is 51.1 cm³/mol. The molecule has 6 heteroatoms. The maximum atomic E-state index is 11.2. The number of carbonyl (C=O) groups excluding carboxylic acids is 1. The Hall–Kier alpha value is -1.96. The van der Waals surface area contributed by atoms with E-state index in [1.807, 2.05) is 6.07 Å². The number of isocyanates is 1. The summed E-state index contributed by atoms with van der Waals surface area (Å²) in [5.41, 5.74) is 0.700. The van der Waals surface area contributed by atoms with Gasteiger partial charge in [-0.25, -0.2) is 4.79 Å². The molecular weight excluding hydrogens is 216 g/mol. The van der Waals surface area contributed by atoms with Gasteiger partial charge in [0.1, 0.15) is 0 Å². The Morgan fingerprint density at radius 1 is 1.27 bits per heavy atom. The largest absolute Gasteiger partial charge is 0.292 e. The Balaban J connectivity index is 3.10. The van der Waals surface area contributed by atoms with Crippen molar-refractivity contribution in [1.29, 1.82) is 5.26 Å². The van der Waals surface area contributed by atoms with Crippen LogP contribution in [0.5, 0.6) is 0 Å². The predicted octanol–water partition coefficient (Wildman–Crippen LogP) is 0.777. The summed E-state index contributed by atoms with van der Waals surface area (Å²) in [7, 11) is -3.92. The number of hydrogen-bond acceptors (Lipinski definition) is 4. The number of nitrogens with zero attached hydrogens (tertiary/aromatic N) is 2. The molecule has 76 valence electrons. The topological polar surface area (TPSA) is 87.4 Å². The van der Waals surface area contributed by atoms with Gasteiger partial charge in [0, 0.05) is 0 Å². The highest BCUT2D eigenvalue weighted by Crippen LogP contribution is 2.12. The number of nitriles is 1. The monoisotopic (exact) mass is 222 g/mol. The molecule has 0 atom stereocenters. The van der Waals surface area contributed by atoms with Crippen LogP contribution in [0.2, 0.25) is 0 Å². The van der Waals surface area contributed by atoms with E-state index in [0.29, 0.717) is 5.56 Å². The Labute approximate surface area is 86.7 Å². The van der Waals surface area contributed by atoms with Crippen molar-refractivity contribution in [2.75, 3.05) is 0 Å². The minimum absolute atomic E-state index is 0.0902. The van der Waals surface area contributed by atoms with Gasteiger partial charge in [0.25, 0.3) is 16.1 Å². The Bertz CT molecular complexity index is 534. The first-order valence-electron chi connectivity index (χ1n) is 3.90. The minimum Gasteiger partial charge on any atom is -0.210 e. The number of rotatable bonds is 3. The van der Waals surface area contributed by atoms with Gasteiger partial charge in [-0.1, -0.05) is 16.5 Å². The van der Waals surface area contributed by atoms with Crippen LogP contribution in [-0.4, -0.2) is 14.5 Å². The number of hydrogen-bond donors (Lipinski definition) is 0. The molecule has 0 aliphatic heterocycles. The second-order valence-electron chi connectivity index (χ2n) is 2.64. The fourth-order valence-electron chi connectivity index (χ4n) is 0.972. The van der Waals surface area contributed by atoms with Crippen LogP contribution >= 0.6 is 0 Å². The normalized spacial score (nSPS) is 10.1. The molecule has 1 rings (SSSR count). The van der Waals surface area contributed by atoms with Gasteiger partial charge in [-0.15, -0.1) is 0 Å². The molecule has 0 saturated carbocycles. The van der Waals surface area contributed by atoms with E-state index in [1.165, 1.54) is 24.3 Å². The van der Waals surface area contributed by atoms with E-state index in [4.69, 9.17) is 5.26 Å². The minimum atomic E-state index is -3.92. The molecule has 0 spiro atoms. The van der Waals surface area contributed by atoms with Crippen LogP contribution in [0.1, 0.15) is 5.56 Å². The Kier molecular flexibility index (Phi) is 3.34. The maximum absolute atomic E-state index is 11.2. The molecule has 0 saturated heterocycles. The van der Waals surface area contributed by atoms with Gasteiger partial charge in [-0.3, -0.25) is 0 Å². The highest BCUT2D eigenvalue weighted by Gasteiger charge is 2.11. The fourth-order valence-corrected chi connectivity index (χ4v) is 1.66. The second kappa shape index (κ2) is 4.51. The van der Waals surface area contributed by atoms with Crippen molar-refractivity contribution in [2.45, 2.75) is 11.3 Å². The van der Waals surface area contributed by atoms with E-state index in [1.54, 1.807) is 0 Å². The summed E-state index contributed by atoms with van der Waals surface area (Å²) in [5, 5.41) is 8.39. The van der Waals surface area contributed by atoms with Crippen molar-refractivity contribution in [3.05, 3.63) is 29.8 Å². The summed E-state index contributed by atoms with van der Waals surface area (Å²) in [4.78, 5) is 9.76. The van der Waals surface area contributed by atoms with Crippen molar-refractivity contribution < 1.29 is 13.2 Å². The quantitative estimate of drug-likeness (QED) is 0.558. The van der Waals surface area contributed by atoms with E-state index in [-0.39, 0.29) is 11.3 Å². The smallest absolute Gasteiger partial charge is 0.210 e. The van der Waals surface area contributed by atoms with Gasteiger partial charge in [-0.2, -0.15) is 13.7 Å². The summed E-state index contributed by atoms with van der Waals surface area (Å²) >= 11 is 0. The molecule has 0 unspecified atom stereocenters. The van der Waals surface area contributed by atoms with Crippen molar-refractivity contribution >= 4 is 16.1 Å². The van der Waals surface area contributed by atoms with Crippen molar-refractivity contribution in [2.24, 2.45) is 4.40 Å². The lowest BCUT2D eigenvalue weighted by Gasteiger charge is -1.97. The summed E-state index contributed by atoms with van der Waals surface area (Å²) in [6.45, 7) is 0. The standard InChI is InChI=1S/C9H6N2O3S/c10-6-5-8-1-3-9(4-2-8)15(13,14)11-7-12/h1-4H,5H2. The van der Waals surface area contributed by atoms with Gasteiger partial charge in [0.15, 0.2) is 0 Å². The van der Waals surface area contributed by atoms with Crippen molar-refractivity contribution in [3.63, 3.8) is 0 Å². The summed E-state index contributed by atoms with van der Waals surface area (Å²) in [6, 6.07) is 7.51. The molecule has 1 aromatic rings. The summed E-state index contributed by atoms with van der Waals surface area (Å²) in [6.07, 6.45) is 1.19. The molecule has 15 heavy (non-hydrogen) atoms. The molecule has 0 N–H and O–H groups in total. The van der Waals surface area contributed by atoms with Gasteiger partial charge >= 0.3 is 0 Å². The molecule has 0 bridgehead atoms. The zero-order valence-electron chi connectivity index (χ0n) is 7.54. The SMILES string of the molecule is N#CCc1ccc(S(=O)(=O)N=C=O)cc1. The van der Waals surface area contributed by atoms with Crippen LogP contribution in [-0.2, 0) is 21.2 Å². The lowest BCUT2D eigenvalue weighted by atomic mass is 10.2. The first kappa shape index (κ1) is 11.1. The molecule has 0 fully saturated rings. The molecule has 0 aliphatic carbocycles. The zero-order chi connectivity index (χ0) is 11.3. The van der Waals surface area contributed by atoms with Crippen LogP contribution in [0.25, 0.3) is 0 Å². The van der Waals surface area contributed by atoms with Crippen LogP contribution in [0.3, 0.4) is 0 Å². The Morgan fingerprint density at radius 3 is 2.33 bits per heavy atom. The molecule has 0 amide bonds. The van der Waals surface area contributed by atoms with E-state index >= 15 is 0 Å². The third kappa shape index (κ3) is 2.74. The van der Waals surface area contributed by atoms with E-state index in [2.05, 4.69) is 4.40 Å². The third-order valence-corrected chi connectivity index (χ3v) is 2.84. The van der Waals surface area contributed by atoms with Crippen LogP contribution in [0.4, 0.5) is 0 Å². The van der Waals surface area contributed by atoms with E-state index < -0.39 is 10.0 Å². The third-order valence-electron chi connectivity index (χ3n) is 1.66.